The van der Waals surface area contributed by atoms with Crippen LogP contribution in [0.3, 0.4) is 0 Å². The molecular formula is C17H26N2O2. The number of para-hydroxylation sites is 2. The molecule has 0 spiro atoms. The Bertz CT molecular complexity index is 476. The number of nitrogens with one attached hydrogen (secondary N) is 2. The number of hydrogen-bond donors (Lipinski definition) is 2. The van der Waals surface area contributed by atoms with Crippen LogP contribution in [0.1, 0.15) is 33.1 Å². The number of hydrogen-bond acceptors (Lipinski definition) is 3. The molecule has 116 valence electrons. The second-order valence-electron chi connectivity index (χ2n) is 5.84. The molecule has 2 N–H and O–H groups in total. The van der Waals surface area contributed by atoms with Crippen molar-refractivity contribution in [3.05, 3.63) is 24.3 Å². The third-order valence-electron chi connectivity index (χ3n) is 4.66. The number of methoxy groups -OCH3 is 1. The summed E-state index contributed by atoms with van der Waals surface area (Å²) in [5.74, 6) is 2.10. The zero-order chi connectivity index (χ0) is 15.2. The number of carbonyl (C=O) groups is 1. The van der Waals surface area contributed by atoms with Crippen molar-refractivity contribution in [3.8, 4) is 5.75 Å². The standard InChI is InChI=1S/C17H26N2O2/c1-4-13-9-10-14(12(13)2)18-11-17(20)19-15-7-5-6-8-16(15)21-3/h5-8,12-14,18H,4,9-11H2,1-3H3,(H,19,20). The molecule has 0 heterocycles. The van der Waals surface area contributed by atoms with Crippen molar-refractivity contribution in [2.75, 3.05) is 19.0 Å². The second-order valence-corrected chi connectivity index (χ2v) is 5.84. The van der Waals surface area contributed by atoms with Crippen molar-refractivity contribution in [3.63, 3.8) is 0 Å². The van der Waals surface area contributed by atoms with Gasteiger partial charge in [0.15, 0.2) is 0 Å². The SMILES string of the molecule is CCC1CCC(NCC(=O)Nc2ccccc2OC)C1C. The summed E-state index contributed by atoms with van der Waals surface area (Å²) in [5.41, 5.74) is 0.720. The van der Waals surface area contributed by atoms with Crippen LogP contribution in [-0.2, 0) is 4.79 Å². The molecule has 1 fully saturated rings. The first-order chi connectivity index (χ1) is 10.2. The molecule has 1 aliphatic rings. The molecule has 0 bridgehead atoms. The first-order valence-corrected chi connectivity index (χ1v) is 7.82. The van der Waals surface area contributed by atoms with Gasteiger partial charge >= 0.3 is 0 Å². The van der Waals surface area contributed by atoms with E-state index in [4.69, 9.17) is 4.74 Å². The summed E-state index contributed by atoms with van der Waals surface area (Å²) in [6.07, 6.45) is 3.66. The van der Waals surface area contributed by atoms with Crippen LogP contribution in [0.15, 0.2) is 24.3 Å². The monoisotopic (exact) mass is 290 g/mol. The lowest BCUT2D eigenvalue weighted by Gasteiger charge is -2.21. The molecule has 4 nitrogen and oxygen atoms in total. The van der Waals surface area contributed by atoms with Gasteiger partial charge in [-0.3, -0.25) is 4.79 Å². The Kier molecular flexibility index (Phi) is 5.62. The summed E-state index contributed by atoms with van der Waals surface area (Å²) < 4.78 is 5.23. The molecule has 1 saturated carbocycles. The highest BCUT2D eigenvalue weighted by Crippen LogP contribution is 2.33. The van der Waals surface area contributed by atoms with Gasteiger partial charge < -0.3 is 15.4 Å². The minimum absolute atomic E-state index is 0.0216. The van der Waals surface area contributed by atoms with E-state index in [-0.39, 0.29) is 5.91 Å². The van der Waals surface area contributed by atoms with Crippen molar-refractivity contribution in [1.29, 1.82) is 0 Å². The van der Waals surface area contributed by atoms with Crippen molar-refractivity contribution < 1.29 is 9.53 Å². The molecular weight excluding hydrogens is 264 g/mol. The van der Waals surface area contributed by atoms with Crippen LogP contribution in [0.4, 0.5) is 5.69 Å². The molecule has 3 unspecified atom stereocenters. The summed E-state index contributed by atoms with van der Waals surface area (Å²) >= 11 is 0. The van der Waals surface area contributed by atoms with Crippen molar-refractivity contribution in [2.24, 2.45) is 11.8 Å². The van der Waals surface area contributed by atoms with Crippen molar-refractivity contribution >= 4 is 11.6 Å². The van der Waals surface area contributed by atoms with E-state index in [0.29, 0.717) is 24.3 Å². The van der Waals surface area contributed by atoms with Gasteiger partial charge in [0.1, 0.15) is 5.75 Å². The lowest BCUT2D eigenvalue weighted by Crippen LogP contribution is -2.38. The molecule has 1 amide bonds. The van der Waals surface area contributed by atoms with Crippen molar-refractivity contribution in [2.45, 2.75) is 39.2 Å². The van der Waals surface area contributed by atoms with E-state index in [0.717, 1.165) is 11.6 Å². The molecule has 2 rings (SSSR count). The average Bonchev–Trinajstić information content (AvgIpc) is 2.86. The molecule has 1 aromatic carbocycles. The highest BCUT2D eigenvalue weighted by molar-refractivity contribution is 5.93. The first kappa shape index (κ1) is 15.8. The second kappa shape index (κ2) is 7.46. The van der Waals surface area contributed by atoms with E-state index in [1.165, 1.54) is 19.3 Å². The molecule has 0 aliphatic heterocycles. The maximum absolute atomic E-state index is 12.1. The van der Waals surface area contributed by atoms with Crippen LogP contribution in [0.25, 0.3) is 0 Å². The smallest absolute Gasteiger partial charge is 0.238 e. The molecule has 0 saturated heterocycles. The largest absolute Gasteiger partial charge is 0.495 e. The lowest BCUT2D eigenvalue weighted by atomic mass is 9.93. The van der Waals surface area contributed by atoms with Gasteiger partial charge in [0.05, 0.1) is 19.3 Å². The summed E-state index contributed by atoms with van der Waals surface area (Å²) in [6, 6.07) is 7.92. The van der Waals surface area contributed by atoms with E-state index in [1.807, 2.05) is 24.3 Å². The predicted octanol–water partition coefficient (Wildman–Crippen LogP) is 3.05. The number of anilines is 1. The van der Waals surface area contributed by atoms with E-state index < -0.39 is 0 Å². The van der Waals surface area contributed by atoms with Crippen LogP contribution < -0.4 is 15.4 Å². The molecule has 4 heteroatoms. The Morgan fingerprint density at radius 2 is 2.10 bits per heavy atom. The third-order valence-corrected chi connectivity index (χ3v) is 4.66. The Morgan fingerprint density at radius 3 is 2.76 bits per heavy atom. The molecule has 1 aromatic rings. The zero-order valence-electron chi connectivity index (χ0n) is 13.2. The number of rotatable bonds is 6. The summed E-state index contributed by atoms with van der Waals surface area (Å²) in [7, 11) is 1.61. The van der Waals surface area contributed by atoms with Crippen LogP contribution in [-0.4, -0.2) is 25.6 Å². The molecule has 21 heavy (non-hydrogen) atoms. The minimum Gasteiger partial charge on any atom is -0.495 e. The average molecular weight is 290 g/mol. The predicted molar refractivity (Wildman–Crippen MR) is 85.6 cm³/mol. The number of benzene rings is 1. The topological polar surface area (TPSA) is 50.4 Å². The van der Waals surface area contributed by atoms with Crippen LogP contribution in [0.5, 0.6) is 5.75 Å². The normalized spacial score (nSPS) is 24.8. The van der Waals surface area contributed by atoms with Crippen LogP contribution in [0.2, 0.25) is 0 Å². The van der Waals surface area contributed by atoms with E-state index in [2.05, 4.69) is 24.5 Å². The van der Waals surface area contributed by atoms with Gasteiger partial charge in [-0.15, -0.1) is 0 Å². The number of ether oxygens (including phenoxy) is 1. The Morgan fingerprint density at radius 1 is 1.33 bits per heavy atom. The highest BCUT2D eigenvalue weighted by atomic mass is 16.5. The third kappa shape index (κ3) is 3.97. The fraction of sp³-hybridized carbons (Fsp3) is 0.588. The van der Waals surface area contributed by atoms with Gasteiger partial charge in [-0.2, -0.15) is 0 Å². The maximum atomic E-state index is 12.1. The van der Waals surface area contributed by atoms with Crippen molar-refractivity contribution in [1.82, 2.24) is 5.32 Å². The molecule has 0 radical (unpaired) electrons. The van der Waals surface area contributed by atoms with Gasteiger partial charge in [0.25, 0.3) is 0 Å². The van der Waals surface area contributed by atoms with E-state index in [9.17, 15) is 4.79 Å². The van der Waals surface area contributed by atoms with Gasteiger partial charge in [-0.05, 0) is 36.8 Å². The number of amides is 1. The van der Waals surface area contributed by atoms with Gasteiger partial charge in [0.2, 0.25) is 5.91 Å². The molecule has 0 aromatic heterocycles. The maximum Gasteiger partial charge on any atom is 0.238 e. The Balaban J connectivity index is 1.83. The van der Waals surface area contributed by atoms with Crippen LogP contribution in [0, 0.1) is 11.8 Å². The van der Waals surface area contributed by atoms with E-state index in [1.54, 1.807) is 7.11 Å². The molecule has 1 aliphatic carbocycles. The Hall–Kier alpha value is -1.55. The quantitative estimate of drug-likeness (QED) is 0.846. The minimum atomic E-state index is -0.0216. The first-order valence-electron chi connectivity index (χ1n) is 7.82. The summed E-state index contributed by atoms with van der Waals surface area (Å²) in [4.78, 5) is 12.1. The fourth-order valence-corrected chi connectivity index (χ4v) is 3.28. The van der Waals surface area contributed by atoms with E-state index >= 15 is 0 Å². The lowest BCUT2D eigenvalue weighted by molar-refractivity contribution is -0.115. The van der Waals surface area contributed by atoms with Gasteiger partial charge in [-0.25, -0.2) is 0 Å². The highest BCUT2D eigenvalue weighted by Gasteiger charge is 2.31. The summed E-state index contributed by atoms with van der Waals surface area (Å²) in [5, 5.41) is 6.30. The zero-order valence-corrected chi connectivity index (χ0v) is 13.2. The van der Waals surface area contributed by atoms with Crippen LogP contribution >= 0.6 is 0 Å². The molecule has 3 atom stereocenters. The van der Waals surface area contributed by atoms with Gasteiger partial charge in [-0.1, -0.05) is 32.4 Å². The number of carbonyl (C=O) groups excluding carboxylic acids is 1. The summed E-state index contributed by atoms with van der Waals surface area (Å²) in [6.45, 7) is 4.89. The Labute approximate surface area is 127 Å². The fourth-order valence-electron chi connectivity index (χ4n) is 3.28. The van der Waals surface area contributed by atoms with Gasteiger partial charge in [0, 0.05) is 6.04 Å².